The summed E-state index contributed by atoms with van der Waals surface area (Å²) < 4.78 is 42.1. The van der Waals surface area contributed by atoms with Crippen molar-refractivity contribution in [2.24, 2.45) is 0 Å². The van der Waals surface area contributed by atoms with Gasteiger partial charge in [-0.1, -0.05) is 0 Å². The van der Waals surface area contributed by atoms with Crippen LogP contribution in [0.5, 0.6) is 5.88 Å². The first-order chi connectivity index (χ1) is 8.88. The zero-order chi connectivity index (χ0) is 14.0. The maximum Gasteiger partial charge on any atom is 0.406 e. The highest BCUT2D eigenvalue weighted by Crippen LogP contribution is 2.29. The van der Waals surface area contributed by atoms with E-state index in [1.54, 1.807) is 12.1 Å². The van der Waals surface area contributed by atoms with Gasteiger partial charge >= 0.3 is 12.2 Å². The number of hydrogen-bond acceptors (Lipinski definition) is 3. The molecule has 2 rings (SSSR count). The van der Waals surface area contributed by atoms with Crippen molar-refractivity contribution in [3.63, 3.8) is 0 Å². The number of anilines is 1. The summed E-state index contributed by atoms with van der Waals surface area (Å²) in [5, 5.41) is 0. The molecule has 19 heavy (non-hydrogen) atoms. The van der Waals surface area contributed by atoms with Crippen molar-refractivity contribution >= 4 is 11.7 Å². The van der Waals surface area contributed by atoms with Crippen LogP contribution in [-0.2, 0) is 0 Å². The van der Waals surface area contributed by atoms with Gasteiger partial charge in [0.25, 0.3) is 0 Å². The summed E-state index contributed by atoms with van der Waals surface area (Å²) in [4.78, 5) is 17.8. The predicted octanol–water partition coefficient (Wildman–Crippen LogP) is 1.89. The molecular weight excluding hydrogens is 263 g/mol. The number of pyridine rings is 1. The number of aromatic nitrogens is 1. The molecule has 0 aliphatic carbocycles. The van der Waals surface area contributed by atoms with Gasteiger partial charge in [-0.25, -0.2) is 9.78 Å². The molecule has 0 unspecified atom stereocenters. The molecule has 1 aliphatic heterocycles. The Balaban J connectivity index is 2.17. The van der Waals surface area contributed by atoms with E-state index in [4.69, 9.17) is 4.74 Å². The Morgan fingerprint density at radius 3 is 3.00 bits per heavy atom. The first-order valence-corrected chi connectivity index (χ1v) is 5.56. The van der Waals surface area contributed by atoms with E-state index in [2.05, 4.69) is 4.98 Å². The van der Waals surface area contributed by atoms with Gasteiger partial charge in [0, 0.05) is 13.2 Å². The number of carbonyl (C=O) groups excluding carboxylic acids is 1. The molecule has 1 aromatic rings. The molecule has 1 aromatic heterocycles. The monoisotopic (exact) mass is 275 g/mol. The van der Waals surface area contributed by atoms with E-state index < -0.39 is 18.8 Å². The Morgan fingerprint density at radius 1 is 1.58 bits per heavy atom. The highest BCUT2D eigenvalue weighted by Gasteiger charge is 2.34. The quantitative estimate of drug-likeness (QED) is 0.786. The zero-order valence-electron chi connectivity index (χ0n) is 10.1. The van der Waals surface area contributed by atoms with Crippen LogP contribution in [0.1, 0.15) is 0 Å². The second-order valence-corrected chi connectivity index (χ2v) is 4.08. The van der Waals surface area contributed by atoms with Gasteiger partial charge in [-0.15, -0.1) is 0 Å². The Kier molecular flexibility index (Phi) is 3.50. The van der Waals surface area contributed by atoms with Gasteiger partial charge in [-0.3, -0.25) is 4.90 Å². The SMILES string of the molecule is CN(CC(F)(F)F)C(=O)N1CCOc2ncccc21. The molecule has 0 aromatic carbocycles. The Bertz CT molecular complexity index is 478. The molecule has 0 saturated carbocycles. The fourth-order valence-electron chi connectivity index (χ4n) is 1.79. The number of ether oxygens (including phenoxy) is 1. The summed E-state index contributed by atoms with van der Waals surface area (Å²) in [6.07, 6.45) is -2.93. The van der Waals surface area contributed by atoms with Gasteiger partial charge in [-0.2, -0.15) is 13.2 Å². The molecule has 0 atom stereocenters. The van der Waals surface area contributed by atoms with Crippen molar-refractivity contribution in [3.05, 3.63) is 18.3 Å². The second kappa shape index (κ2) is 4.94. The highest BCUT2D eigenvalue weighted by atomic mass is 19.4. The van der Waals surface area contributed by atoms with E-state index in [1.165, 1.54) is 11.1 Å². The van der Waals surface area contributed by atoms with Crippen LogP contribution in [-0.4, -0.2) is 48.8 Å². The predicted molar refractivity (Wildman–Crippen MR) is 61.2 cm³/mol. The van der Waals surface area contributed by atoms with Crippen molar-refractivity contribution in [2.45, 2.75) is 6.18 Å². The summed E-state index contributed by atoms with van der Waals surface area (Å²) in [5.74, 6) is 0.252. The van der Waals surface area contributed by atoms with Crippen molar-refractivity contribution in [1.82, 2.24) is 9.88 Å². The smallest absolute Gasteiger partial charge is 0.406 e. The minimum Gasteiger partial charge on any atom is -0.474 e. The lowest BCUT2D eigenvalue weighted by Crippen LogP contribution is -2.47. The van der Waals surface area contributed by atoms with E-state index in [0.29, 0.717) is 10.6 Å². The van der Waals surface area contributed by atoms with Crippen molar-refractivity contribution in [1.29, 1.82) is 0 Å². The lowest BCUT2D eigenvalue weighted by Gasteiger charge is -2.32. The second-order valence-electron chi connectivity index (χ2n) is 4.08. The molecule has 2 amide bonds. The normalized spacial score (nSPS) is 14.6. The van der Waals surface area contributed by atoms with Crippen LogP contribution in [0.3, 0.4) is 0 Å². The minimum absolute atomic E-state index is 0.194. The number of nitrogens with zero attached hydrogens (tertiary/aromatic N) is 3. The summed E-state index contributed by atoms with van der Waals surface area (Å²) in [7, 11) is 1.11. The molecule has 0 saturated heterocycles. The van der Waals surface area contributed by atoms with Crippen LogP contribution in [0.4, 0.5) is 23.7 Å². The average molecular weight is 275 g/mol. The Hall–Kier alpha value is -1.99. The number of urea groups is 1. The number of carbonyl (C=O) groups is 1. The molecule has 5 nitrogen and oxygen atoms in total. The van der Waals surface area contributed by atoms with E-state index in [1.807, 2.05) is 0 Å². The van der Waals surface area contributed by atoms with Crippen LogP contribution in [0, 0.1) is 0 Å². The largest absolute Gasteiger partial charge is 0.474 e. The molecule has 0 radical (unpaired) electrons. The first-order valence-electron chi connectivity index (χ1n) is 5.56. The number of rotatable bonds is 1. The topological polar surface area (TPSA) is 45.7 Å². The minimum atomic E-state index is -4.42. The van der Waals surface area contributed by atoms with E-state index in [9.17, 15) is 18.0 Å². The fraction of sp³-hybridized carbons (Fsp3) is 0.455. The van der Waals surface area contributed by atoms with Crippen LogP contribution < -0.4 is 9.64 Å². The van der Waals surface area contributed by atoms with Gasteiger partial charge in [0.05, 0.1) is 6.54 Å². The van der Waals surface area contributed by atoms with Gasteiger partial charge in [0.1, 0.15) is 18.8 Å². The molecule has 104 valence electrons. The molecule has 0 fully saturated rings. The molecule has 1 aliphatic rings. The number of fused-ring (bicyclic) bond motifs is 1. The fourth-order valence-corrected chi connectivity index (χ4v) is 1.79. The molecular formula is C11H12F3N3O2. The van der Waals surface area contributed by atoms with Crippen molar-refractivity contribution in [3.8, 4) is 5.88 Å². The molecule has 0 bridgehead atoms. The summed E-state index contributed by atoms with van der Waals surface area (Å²) in [6, 6.07) is 2.45. The van der Waals surface area contributed by atoms with Gasteiger partial charge in [0.15, 0.2) is 0 Å². The zero-order valence-corrected chi connectivity index (χ0v) is 10.1. The van der Waals surface area contributed by atoms with Gasteiger partial charge in [-0.05, 0) is 12.1 Å². The van der Waals surface area contributed by atoms with Crippen molar-refractivity contribution in [2.75, 3.05) is 31.6 Å². The third kappa shape index (κ3) is 3.07. The summed E-state index contributed by atoms with van der Waals surface area (Å²) in [6.45, 7) is -0.895. The molecule has 0 spiro atoms. The third-order valence-corrected chi connectivity index (χ3v) is 2.57. The number of alkyl halides is 3. The van der Waals surface area contributed by atoms with E-state index in [0.717, 1.165) is 7.05 Å². The lowest BCUT2D eigenvalue weighted by atomic mass is 10.3. The van der Waals surface area contributed by atoms with Gasteiger partial charge < -0.3 is 9.64 Å². The molecule has 2 heterocycles. The third-order valence-electron chi connectivity index (χ3n) is 2.57. The maximum atomic E-state index is 12.3. The summed E-state index contributed by atoms with van der Waals surface area (Å²) in [5.41, 5.74) is 0.382. The van der Waals surface area contributed by atoms with Crippen molar-refractivity contribution < 1.29 is 22.7 Å². The molecule has 8 heteroatoms. The number of hydrogen-bond donors (Lipinski definition) is 0. The first kappa shape index (κ1) is 13.4. The van der Waals surface area contributed by atoms with Crippen LogP contribution in [0.15, 0.2) is 18.3 Å². The Labute approximate surface area is 107 Å². The number of amides is 2. The van der Waals surface area contributed by atoms with Crippen LogP contribution >= 0.6 is 0 Å². The van der Waals surface area contributed by atoms with Crippen LogP contribution in [0.25, 0.3) is 0 Å². The van der Waals surface area contributed by atoms with Gasteiger partial charge in [0.2, 0.25) is 5.88 Å². The average Bonchev–Trinajstić information content (AvgIpc) is 2.35. The van der Waals surface area contributed by atoms with E-state index in [-0.39, 0.29) is 19.0 Å². The number of halogens is 3. The summed E-state index contributed by atoms with van der Waals surface area (Å²) >= 11 is 0. The molecule has 0 N–H and O–H groups in total. The highest BCUT2D eigenvalue weighted by molar-refractivity contribution is 5.93. The standard InChI is InChI=1S/C11H12F3N3O2/c1-16(7-11(12,13)14)10(18)17-5-6-19-9-8(17)3-2-4-15-9/h2-4H,5-7H2,1H3. The van der Waals surface area contributed by atoms with Crippen LogP contribution in [0.2, 0.25) is 0 Å². The maximum absolute atomic E-state index is 12.3. The Morgan fingerprint density at radius 2 is 2.32 bits per heavy atom. The van der Waals surface area contributed by atoms with E-state index >= 15 is 0 Å². The lowest BCUT2D eigenvalue weighted by molar-refractivity contribution is -0.137.